The molecule has 0 radical (unpaired) electrons. The van der Waals surface area contributed by atoms with Gasteiger partial charge in [0.2, 0.25) is 0 Å². The monoisotopic (exact) mass is 269 g/mol. The number of halogens is 1. The van der Waals surface area contributed by atoms with Crippen LogP contribution in [0.4, 0.5) is 0 Å². The third kappa shape index (κ3) is 2.57. The molecule has 0 aliphatic heterocycles. The van der Waals surface area contributed by atoms with Crippen LogP contribution in [-0.4, -0.2) is 15.6 Å². The number of rotatable bonds is 3. The van der Waals surface area contributed by atoms with Crippen LogP contribution in [0.1, 0.15) is 0 Å². The van der Waals surface area contributed by atoms with Crippen LogP contribution in [-0.2, 0) is 11.3 Å². The highest BCUT2D eigenvalue weighted by Gasteiger charge is 2.11. The summed E-state index contributed by atoms with van der Waals surface area (Å²) in [6.07, 6.45) is 0. The van der Waals surface area contributed by atoms with Crippen LogP contribution >= 0.6 is 22.9 Å². The molecule has 0 aliphatic rings. The molecule has 0 saturated carbocycles. The Labute approximate surface area is 106 Å². The number of carbonyl (C=O) groups is 1. The number of hydrogen-bond acceptors (Lipinski definition) is 3. The minimum Gasteiger partial charge on any atom is -0.480 e. The lowest BCUT2D eigenvalue weighted by atomic mass is 10.2. The van der Waals surface area contributed by atoms with Crippen molar-refractivity contribution in [1.82, 2.24) is 4.57 Å². The maximum absolute atomic E-state index is 11.5. The van der Waals surface area contributed by atoms with Gasteiger partial charge >= 0.3 is 10.8 Å². The molecular formula is C11H8ClNO3S. The van der Waals surface area contributed by atoms with Crippen molar-refractivity contribution in [2.24, 2.45) is 0 Å². The molecular weight excluding hydrogens is 262 g/mol. The first kappa shape index (κ1) is 11.9. The van der Waals surface area contributed by atoms with E-state index in [1.54, 1.807) is 29.6 Å². The molecule has 0 aliphatic carbocycles. The molecule has 4 nitrogen and oxygen atoms in total. The number of nitrogens with zero attached hydrogens (tertiary/aromatic N) is 1. The maximum Gasteiger partial charge on any atom is 0.323 e. The summed E-state index contributed by atoms with van der Waals surface area (Å²) in [5, 5.41) is 10.9. The van der Waals surface area contributed by atoms with Gasteiger partial charge in [0, 0.05) is 16.0 Å². The van der Waals surface area contributed by atoms with Gasteiger partial charge in [0.05, 0.1) is 5.69 Å². The summed E-state index contributed by atoms with van der Waals surface area (Å²) >= 11 is 6.83. The minimum absolute atomic E-state index is 0.289. The van der Waals surface area contributed by atoms with E-state index >= 15 is 0 Å². The molecule has 2 aromatic rings. The predicted octanol–water partition coefficient (Wildman–Crippen LogP) is 2.31. The summed E-state index contributed by atoms with van der Waals surface area (Å²) in [4.78, 5) is 21.9. The highest BCUT2D eigenvalue weighted by molar-refractivity contribution is 7.07. The molecule has 2 rings (SSSR count). The van der Waals surface area contributed by atoms with Crippen molar-refractivity contribution in [3.63, 3.8) is 0 Å². The zero-order valence-corrected chi connectivity index (χ0v) is 10.2. The Balaban J connectivity index is 2.52. The molecule has 88 valence electrons. The minimum atomic E-state index is -1.05. The Hall–Kier alpha value is -1.59. The molecule has 0 spiro atoms. The Morgan fingerprint density at radius 2 is 2.24 bits per heavy atom. The van der Waals surface area contributed by atoms with Crippen molar-refractivity contribution in [1.29, 1.82) is 0 Å². The van der Waals surface area contributed by atoms with Gasteiger partial charge in [-0.25, -0.2) is 0 Å². The van der Waals surface area contributed by atoms with E-state index in [-0.39, 0.29) is 11.4 Å². The molecule has 1 heterocycles. The molecule has 1 N–H and O–H groups in total. The highest BCUT2D eigenvalue weighted by atomic mass is 35.5. The average Bonchev–Trinajstić information content (AvgIpc) is 2.60. The molecule has 0 saturated heterocycles. The van der Waals surface area contributed by atoms with Gasteiger partial charge in [-0.2, -0.15) is 0 Å². The SMILES string of the molecule is O=C(O)Cn1c(-c2cccc(Cl)c2)csc1=O. The molecule has 0 amide bonds. The van der Waals surface area contributed by atoms with Crippen molar-refractivity contribution < 1.29 is 9.90 Å². The first-order chi connectivity index (χ1) is 8.08. The van der Waals surface area contributed by atoms with Crippen LogP contribution in [0, 0.1) is 0 Å². The van der Waals surface area contributed by atoms with Gasteiger partial charge in [-0.3, -0.25) is 14.2 Å². The van der Waals surface area contributed by atoms with E-state index < -0.39 is 5.97 Å². The second kappa shape index (κ2) is 4.73. The Kier molecular flexibility index (Phi) is 3.31. The van der Waals surface area contributed by atoms with E-state index in [1.165, 1.54) is 4.57 Å². The van der Waals surface area contributed by atoms with Crippen molar-refractivity contribution >= 4 is 28.9 Å². The van der Waals surface area contributed by atoms with Gasteiger partial charge in [0.1, 0.15) is 6.54 Å². The lowest BCUT2D eigenvalue weighted by molar-refractivity contribution is -0.137. The number of benzene rings is 1. The summed E-state index contributed by atoms with van der Waals surface area (Å²) in [6.45, 7) is -0.343. The van der Waals surface area contributed by atoms with Gasteiger partial charge in [0.15, 0.2) is 0 Å². The molecule has 0 fully saturated rings. The van der Waals surface area contributed by atoms with Crippen LogP contribution in [0.5, 0.6) is 0 Å². The molecule has 6 heteroatoms. The summed E-state index contributed by atoms with van der Waals surface area (Å²) in [5.41, 5.74) is 1.31. The predicted molar refractivity (Wildman–Crippen MR) is 66.7 cm³/mol. The highest BCUT2D eigenvalue weighted by Crippen LogP contribution is 2.23. The smallest absolute Gasteiger partial charge is 0.323 e. The first-order valence-corrected chi connectivity index (χ1v) is 6.00. The van der Waals surface area contributed by atoms with Gasteiger partial charge in [0.25, 0.3) is 0 Å². The number of carboxylic acids is 1. The second-order valence-electron chi connectivity index (χ2n) is 3.38. The zero-order chi connectivity index (χ0) is 12.4. The van der Waals surface area contributed by atoms with Crippen molar-refractivity contribution in [2.45, 2.75) is 6.54 Å². The van der Waals surface area contributed by atoms with Crippen LogP contribution in [0.3, 0.4) is 0 Å². The van der Waals surface area contributed by atoms with Crippen molar-refractivity contribution in [3.05, 3.63) is 44.3 Å². The summed E-state index contributed by atoms with van der Waals surface area (Å²) in [7, 11) is 0. The molecule has 1 aromatic heterocycles. The number of hydrogen-bond donors (Lipinski definition) is 1. The normalized spacial score (nSPS) is 10.4. The van der Waals surface area contributed by atoms with E-state index in [1.807, 2.05) is 0 Å². The van der Waals surface area contributed by atoms with Crippen LogP contribution in [0.25, 0.3) is 11.3 Å². The fourth-order valence-electron chi connectivity index (χ4n) is 1.49. The van der Waals surface area contributed by atoms with E-state index in [9.17, 15) is 9.59 Å². The maximum atomic E-state index is 11.5. The first-order valence-electron chi connectivity index (χ1n) is 4.74. The van der Waals surface area contributed by atoms with Crippen LogP contribution in [0.15, 0.2) is 34.4 Å². The van der Waals surface area contributed by atoms with E-state index in [4.69, 9.17) is 16.7 Å². The fourth-order valence-corrected chi connectivity index (χ4v) is 2.44. The Bertz CT molecular complexity index is 617. The number of thiazole rings is 1. The van der Waals surface area contributed by atoms with Crippen LogP contribution in [0.2, 0.25) is 5.02 Å². The van der Waals surface area contributed by atoms with Crippen molar-refractivity contribution in [3.8, 4) is 11.3 Å². The van der Waals surface area contributed by atoms with E-state index in [2.05, 4.69) is 0 Å². The summed E-state index contributed by atoms with van der Waals surface area (Å²) in [5.74, 6) is -1.05. The van der Waals surface area contributed by atoms with Crippen molar-refractivity contribution in [2.75, 3.05) is 0 Å². The zero-order valence-electron chi connectivity index (χ0n) is 8.59. The Morgan fingerprint density at radius 1 is 1.47 bits per heavy atom. The van der Waals surface area contributed by atoms with Gasteiger partial charge in [-0.15, -0.1) is 0 Å². The quantitative estimate of drug-likeness (QED) is 0.930. The molecule has 1 aromatic carbocycles. The lowest BCUT2D eigenvalue weighted by Gasteiger charge is -2.05. The van der Waals surface area contributed by atoms with Gasteiger partial charge < -0.3 is 5.11 Å². The second-order valence-corrected chi connectivity index (χ2v) is 4.63. The fraction of sp³-hybridized carbons (Fsp3) is 0.0909. The Morgan fingerprint density at radius 3 is 2.88 bits per heavy atom. The molecule has 0 bridgehead atoms. The van der Waals surface area contributed by atoms with Gasteiger partial charge in [-0.05, 0) is 12.1 Å². The number of aliphatic carboxylic acids is 1. The average molecular weight is 270 g/mol. The molecule has 0 atom stereocenters. The molecule has 17 heavy (non-hydrogen) atoms. The van der Waals surface area contributed by atoms with Gasteiger partial charge in [-0.1, -0.05) is 35.1 Å². The standard InChI is InChI=1S/C11H8ClNO3S/c12-8-3-1-2-7(4-8)9-6-17-11(16)13(9)5-10(14)15/h1-4,6H,5H2,(H,14,15). The lowest BCUT2D eigenvalue weighted by Crippen LogP contribution is -2.19. The van der Waals surface area contributed by atoms with Crippen LogP contribution < -0.4 is 4.87 Å². The molecule has 0 unspecified atom stereocenters. The number of carboxylic acid groups (broad SMARTS) is 1. The topological polar surface area (TPSA) is 59.3 Å². The third-order valence-corrected chi connectivity index (χ3v) is 3.19. The van der Waals surface area contributed by atoms with E-state index in [0.29, 0.717) is 10.7 Å². The number of aromatic nitrogens is 1. The van der Waals surface area contributed by atoms with E-state index in [0.717, 1.165) is 16.9 Å². The third-order valence-electron chi connectivity index (χ3n) is 2.20. The summed E-state index contributed by atoms with van der Waals surface area (Å²) in [6, 6.07) is 6.95. The summed E-state index contributed by atoms with van der Waals surface area (Å²) < 4.78 is 1.22. The largest absolute Gasteiger partial charge is 0.480 e.